The first-order valence-corrected chi connectivity index (χ1v) is 2.97. The van der Waals surface area contributed by atoms with Gasteiger partial charge in [0, 0.05) is 12.3 Å². The summed E-state index contributed by atoms with van der Waals surface area (Å²) in [6, 6.07) is 0.347. The van der Waals surface area contributed by atoms with Gasteiger partial charge < -0.3 is 10.8 Å². The quantitative estimate of drug-likeness (QED) is 0.431. The summed E-state index contributed by atoms with van der Waals surface area (Å²) < 4.78 is 0. The average Bonchev–Trinajstić information content (AvgIpc) is 1.83. The van der Waals surface area contributed by atoms with Crippen LogP contribution in [0.2, 0.25) is 0 Å². The van der Waals surface area contributed by atoms with E-state index in [9.17, 15) is 0 Å². The lowest BCUT2D eigenvalue weighted by Crippen LogP contribution is -2.17. The molecular weight excluding hydrogens is 114 g/mol. The van der Waals surface area contributed by atoms with Crippen LogP contribution in [-0.4, -0.2) is 18.0 Å². The Hall–Kier alpha value is -0.860. The Morgan fingerprint density at radius 1 is 1.67 bits per heavy atom. The van der Waals surface area contributed by atoms with Gasteiger partial charge in [-0.2, -0.15) is 5.10 Å². The van der Waals surface area contributed by atoms with Crippen LogP contribution in [0.1, 0.15) is 20.8 Å². The lowest BCUT2D eigenvalue weighted by atomic mass is 10.4. The van der Waals surface area contributed by atoms with Crippen molar-refractivity contribution in [1.82, 2.24) is 5.43 Å². The van der Waals surface area contributed by atoms with E-state index in [1.54, 1.807) is 6.92 Å². The summed E-state index contributed by atoms with van der Waals surface area (Å²) in [6.45, 7) is 5.78. The van der Waals surface area contributed by atoms with Crippen LogP contribution in [0.3, 0.4) is 0 Å². The van der Waals surface area contributed by atoms with Gasteiger partial charge in [0.1, 0.15) is 0 Å². The highest BCUT2D eigenvalue weighted by atomic mass is 15.3. The van der Waals surface area contributed by atoms with Crippen LogP contribution in [0, 0.1) is 5.41 Å². The summed E-state index contributed by atoms with van der Waals surface area (Å²) in [5.74, 6) is 0. The number of hydrogen-bond donors (Lipinski definition) is 2. The number of nitrogens with one attached hydrogen (secondary N) is 2. The third-order valence-electron chi connectivity index (χ3n) is 0.708. The minimum Gasteiger partial charge on any atom is -0.307 e. The normalized spacial score (nSPS) is 11.8. The first-order valence-electron chi connectivity index (χ1n) is 2.97. The fraction of sp³-hybridized carbons (Fsp3) is 0.667. The van der Waals surface area contributed by atoms with Crippen molar-refractivity contribution in [3.63, 3.8) is 0 Å². The molecule has 9 heavy (non-hydrogen) atoms. The van der Waals surface area contributed by atoms with Crippen molar-refractivity contribution in [3.8, 4) is 0 Å². The lowest BCUT2D eigenvalue weighted by molar-refractivity contribution is 0.621. The van der Waals surface area contributed by atoms with Crippen LogP contribution in [0.5, 0.6) is 0 Å². The number of hydrogen-bond acceptors (Lipinski definition) is 3. The fourth-order valence-electron chi connectivity index (χ4n) is 0.263. The van der Waals surface area contributed by atoms with Gasteiger partial charge in [0.25, 0.3) is 0 Å². The molecule has 3 nitrogen and oxygen atoms in total. The molecule has 0 amide bonds. The predicted molar refractivity (Wildman–Crippen MR) is 40.2 cm³/mol. The molecule has 0 saturated carbocycles. The van der Waals surface area contributed by atoms with E-state index < -0.39 is 0 Å². The molecule has 0 atom stereocenters. The molecule has 52 valence electrons. The van der Waals surface area contributed by atoms with Gasteiger partial charge in [0.05, 0.1) is 5.71 Å². The zero-order valence-corrected chi connectivity index (χ0v) is 6.10. The fourth-order valence-corrected chi connectivity index (χ4v) is 0.263. The van der Waals surface area contributed by atoms with Crippen LogP contribution < -0.4 is 5.43 Å². The molecule has 0 bridgehead atoms. The van der Waals surface area contributed by atoms with E-state index >= 15 is 0 Å². The van der Waals surface area contributed by atoms with Crippen molar-refractivity contribution in [2.45, 2.75) is 26.8 Å². The molecule has 0 spiro atoms. The lowest BCUT2D eigenvalue weighted by Gasteiger charge is -2.01. The Kier molecular flexibility index (Phi) is 3.67. The van der Waals surface area contributed by atoms with Gasteiger partial charge in [-0.05, 0) is 20.8 Å². The Morgan fingerprint density at radius 2 is 2.22 bits per heavy atom. The maximum atomic E-state index is 6.76. The first-order chi connectivity index (χ1) is 4.16. The molecule has 0 heterocycles. The van der Waals surface area contributed by atoms with Crippen LogP contribution in [0.25, 0.3) is 0 Å². The second-order valence-electron chi connectivity index (χ2n) is 2.18. The number of rotatable bonds is 3. The molecule has 0 aromatic heterocycles. The van der Waals surface area contributed by atoms with E-state index in [1.807, 2.05) is 13.8 Å². The molecule has 0 rings (SSSR count). The Balaban J connectivity index is 3.56. The third-order valence-corrected chi connectivity index (χ3v) is 0.708. The van der Waals surface area contributed by atoms with Crippen molar-refractivity contribution in [2.24, 2.45) is 5.10 Å². The standard InChI is InChI=1S/C6H13N3/c1-5(2)8-9-6(3)4-7/h4-5,7-8H,1-3H3/b7-4?,9-6-. The van der Waals surface area contributed by atoms with E-state index in [1.165, 1.54) is 6.21 Å². The van der Waals surface area contributed by atoms with Crippen molar-refractivity contribution in [2.75, 3.05) is 0 Å². The van der Waals surface area contributed by atoms with E-state index in [2.05, 4.69) is 10.5 Å². The SMILES string of the molecule is C/C(C=N)=N/NC(C)C. The summed E-state index contributed by atoms with van der Waals surface area (Å²) >= 11 is 0. The first kappa shape index (κ1) is 8.14. The van der Waals surface area contributed by atoms with Gasteiger partial charge in [-0.25, -0.2) is 0 Å². The second kappa shape index (κ2) is 4.06. The maximum absolute atomic E-state index is 6.76. The van der Waals surface area contributed by atoms with Crippen molar-refractivity contribution in [3.05, 3.63) is 0 Å². The van der Waals surface area contributed by atoms with Gasteiger partial charge in [-0.15, -0.1) is 0 Å². The molecule has 0 aliphatic rings. The van der Waals surface area contributed by atoms with Crippen LogP contribution in [0.4, 0.5) is 0 Å². The summed E-state index contributed by atoms with van der Waals surface area (Å²) in [6.07, 6.45) is 1.22. The minimum absolute atomic E-state index is 0.347. The van der Waals surface area contributed by atoms with Crippen LogP contribution in [-0.2, 0) is 0 Å². The molecule has 0 radical (unpaired) electrons. The molecule has 0 aromatic rings. The predicted octanol–water partition coefficient (Wildman–Crippen LogP) is 1.01. The van der Waals surface area contributed by atoms with Crippen LogP contribution >= 0.6 is 0 Å². The summed E-state index contributed by atoms with van der Waals surface area (Å²) in [7, 11) is 0. The van der Waals surface area contributed by atoms with Gasteiger partial charge in [0.2, 0.25) is 0 Å². The van der Waals surface area contributed by atoms with Gasteiger partial charge in [-0.1, -0.05) is 0 Å². The molecule has 0 aromatic carbocycles. The molecule has 3 heteroatoms. The summed E-state index contributed by atoms with van der Waals surface area (Å²) in [4.78, 5) is 0. The van der Waals surface area contributed by atoms with Crippen molar-refractivity contribution < 1.29 is 0 Å². The summed E-state index contributed by atoms with van der Waals surface area (Å²) in [5, 5.41) is 10.6. The summed E-state index contributed by atoms with van der Waals surface area (Å²) in [5.41, 5.74) is 3.53. The van der Waals surface area contributed by atoms with E-state index in [0.29, 0.717) is 11.8 Å². The zero-order chi connectivity index (χ0) is 7.28. The van der Waals surface area contributed by atoms with E-state index in [0.717, 1.165) is 0 Å². The van der Waals surface area contributed by atoms with E-state index in [4.69, 9.17) is 5.41 Å². The largest absolute Gasteiger partial charge is 0.307 e. The molecule has 2 N–H and O–H groups in total. The highest BCUT2D eigenvalue weighted by molar-refractivity contribution is 6.28. The molecule has 0 aliphatic carbocycles. The molecule has 0 saturated heterocycles. The molecular formula is C6H13N3. The Bertz CT molecular complexity index is 115. The van der Waals surface area contributed by atoms with E-state index in [-0.39, 0.29) is 0 Å². The van der Waals surface area contributed by atoms with Crippen molar-refractivity contribution >= 4 is 11.9 Å². The smallest absolute Gasteiger partial charge is 0.0747 e. The Labute approximate surface area is 55.7 Å². The highest BCUT2D eigenvalue weighted by Crippen LogP contribution is 1.75. The highest BCUT2D eigenvalue weighted by Gasteiger charge is 1.85. The Morgan fingerprint density at radius 3 is 2.56 bits per heavy atom. The zero-order valence-electron chi connectivity index (χ0n) is 6.10. The molecule has 0 fully saturated rings. The average molecular weight is 127 g/mol. The molecule has 0 unspecified atom stereocenters. The monoisotopic (exact) mass is 127 g/mol. The van der Waals surface area contributed by atoms with Gasteiger partial charge in [-0.3, -0.25) is 0 Å². The molecule has 0 aliphatic heterocycles. The van der Waals surface area contributed by atoms with Crippen molar-refractivity contribution in [1.29, 1.82) is 5.41 Å². The van der Waals surface area contributed by atoms with Gasteiger partial charge in [0.15, 0.2) is 0 Å². The number of hydrazone groups is 1. The topological polar surface area (TPSA) is 48.2 Å². The number of nitrogens with zero attached hydrogens (tertiary/aromatic N) is 1. The van der Waals surface area contributed by atoms with Gasteiger partial charge >= 0.3 is 0 Å². The second-order valence-corrected chi connectivity index (χ2v) is 2.18. The van der Waals surface area contributed by atoms with Crippen LogP contribution in [0.15, 0.2) is 5.10 Å². The maximum Gasteiger partial charge on any atom is 0.0747 e. The minimum atomic E-state index is 0.347. The third kappa shape index (κ3) is 5.00.